The molecule has 6 heteroatoms. The van der Waals surface area contributed by atoms with Gasteiger partial charge in [0, 0.05) is 17.9 Å². The maximum atomic E-state index is 8.96. The first-order valence-electron chi connectivity index (χ1n) is 7.04. The van der Waals surface area contributed by atoms with Crippen molar-refractivity contribution in [1.29, 1.82) is 5.26 Å². The Morgan fingerprint density at radius 1 is 1.23 bits per heavy atom. The molecular weight excluding hydrogens is 276 g/mol. The zero-order valence-corrected chi connectivity index (χ0v) is 12.4. The number of nitriles is 1. The Hall–Kier alpha value is -3.07. The molecule has 3 rings (SSSR count). The van der Waals surface area contributed by atoms with Gasteiger partial charge in [0.25, 0.3) is 0 Å². The summed E-state index contributed by atoms with van der Waals surface area (Å²) in [5.74, 6) is 1.26. The first kappa shape index (κ1) is 13.9. The van der Waals surface area contributed by atoms with Crippen molar-refractivity contribution < 1.29 is 0 Å². The second-order valence-electron chi connectivity index (χ2n) is 5.25. The number of aromatic nitrogens is 3. The number of rotatable bonds is 4. The standard InChI is InChI=1S/C16H16N6/c1-10(2)19-15-13-6-7-18-14(13)21-16(22-15)20-12-5-3-4-11(8-12)9-17/h3-8,10H,1-2H3,(H3,18,19,20,21,22). The molecule has 3 N–H and O–H groups in total. The smallest absolute Gasteiger partial charge is 0.231 e. The van der Waals surface area contributed by atoms with Gasteiger partial charge in [0.15, 0.2) is 0 Å². The molecule has 0 atom stereocenters. The van der Waals surface area contributed by atoms with Crippen molar-refractivity contribution in [3.05, 3.63) is 42.1 Å². The lowest BCUT2D eigenvalue weighted by Crippen LogP contribution is -2.12. The SMILES string of the molecule is CC(C)Nc1nc(Nc2cccc(C#N)c2)nc2[nH]ccc12. The number of aromatic amines is 1. The largest absolute Gasteiger partial charge is 0.367 e. The molecule has 2 aromatic heterocycles. The van der Waals surface area contributed by atoms with Gasteiger partial charge in [0.2, 0.25) is 5.95 Å². The fourth-order valence-corrected chi connectivity index (χ4v) is 2.18. The number of H-pyrrole nitrogens is 1. The van der Waals surface area contributed by atoms with Crippen LogP contribution in [0.25, 0.3) is 11.0 Å². The fourth-order valence-electron chi connectivity index (χ4n) is 2.18. The molecule has 0 fully saturated rings. The van der Waals surface area contributed by atoms with Crippen LogP contribution in [0.3, 0.4) is 0 Å². The molecular formula is C16H16N6. The maximum Gasteiger partial charge on any atom is 0.231 e. The summed E-state index contributed by atoms with van der Waals surface area (Å²) in [6.07, 6.45) is 1.84. The van der Waals surface area contributed by atoms with E-state index in [1.807, 2.05) is 24.4 Å². The molecule has 0 aliphatic carbocycles. The van der Waals surface area contributed by atoms with E-state index in [-0.39, 0.29) is 6.04 Å². The summed E-state index contributed by atoms with van der Waals surface area (Å²) in [5.41, 5.74) is 2.13. The summed E-state index contributed by atoms with van der Waals surface area (Å²) >= 11 is 0. The molecule has 0 unspecified atom stereocenters. The second-order valence-corrected chi connectivity index (χ2v) is 5.25. The van der Waals surface area contributed by atoms with E-state index in [0.29, 0.717) is 11.5 Å². The maximum absolute atomic E-state index is 8.96. The normalized spacial score (nSPS) is 10.6. The average molecular weight is 292 g/mol. The summed E-state index contributed by atoms with van der Waals surface area (Å²) in [5, 5.41) is 16.4. The van der Waals surface area contributed by atoms with Gasteiger partial charge < -0.3 is 15.6 Å². The van der Waals surface area contributed by atoms with Gasteiger partial charge in [0.05, 0.1) is 17.0 Å². The van der Waals surface area contributed by atoms with Crippen molar-refractivity contribution in [3.8, 4) is 6.07 Å². The van der Waals surface area contributed by atoms with E-state index in [1.165, 1.54) is 0 Å². The highest BCUT2D eigenvalue weighted by molar-refractivity contribution is 5.88. The number of nitrogens with zero attached hydrogens (tertiary/aromatic N) is 3. The van der Waals surface area contributed by atoms with Crippen LogP contribution in [0.1, 0.15) is 19.4 Å². The van der Waals surface area contributed by atoms with Gasteiger partial charge in [-0.2, -0.15) is 15.2 Å². The lowest BCUT2D eigenvalue weighted by atomic mass is 10.2. The monoisotopic (exact) mass is 292 g/mol. The lowest BCUT2D eigenvalue weighted by molar-refractivity contribution is 0.891. The predicted octanol–water partition coefficient (Wildman–Crippen LogP) is 3.39. The number of hydrogen-bond donors (Lipinski definition) is 3. The quantitative estimate of drug-likeness (QED) is 0.685. The van der Waals surface area contributed by atoms with Crippen LogP contribution < -0.4 is 10.6 Å². The van der Waals surface area contributed by atoms with E-state index in [0.717, 1.165) is 22.5 Å². The van der Waals surface area contributed by atoms with Crippen molar-refractivity contribution in [2.45, 2.75) is 19.9 Å². The van der Waals surface area contributed by atoms with Crippen LogP contribution in [-0.2, 0) is 0 Å². The second kappa shape index (κ2) is 5.74. The number of anilines is 3. The van der Waals surface area contributed by atoms with Gasteiger partial charge in [-0.1, -0.05) is 6.07 Å². The van der Waals surface area contributed by atoms with E-state index in [9.17, 15) is 0 Å². The zero-order valence-electron chi connectivity index (χ0n) is 12.4. The van der Waals surface area contributed by atoms with Crippen LogP contribution in [0.2, 0.25) is 0 Å². The number of benzene rings is 1. The van der Waals surface area contributed by atoms with E-state index in [4.69, 9.17) is 5.26 Å². The Morgan fingerprint density at radius 3 is 2.86 bits per heavy atom. The van der Waals surface area contributed by atoms with Gasteiger partial charge in [-0.3, -0.25) is 0 Å². The Bertz CT molecular complexity index is 843. The molecule has 0 aliphatic heterocycles. The molecule has 0 saturated heterocycles. The van der Waals surface area contributed by atoms with Crippen LogP contribution in [0.4, 0.5) is 17.5 Å². The fraction of sp³-hybridized carbons (Fsp3) is 0.188. The number of nitrogens with one attached hydrogen (secondary N) is 3. The minimum absolute atomic E-state index is 0.266. The molecule has 0 radical (unpaired) electrons. The molecule has 110 valence electrons. The van der Waals surface area contributed by atoms with Gasteiger partial charge in [-0.15, -0.1) is 0 Å². The van der Waals surface area contributed by atoms with Crippen LogP contribution in [0.5, 0.6) is 0 Å². The average Bonchev–Trinajstić information content (AvgIpc) is 2.95. The number of fused-ring (bicyclic) bond motifs is 1. The molecule has 6 nitrogen and oxygen atoms in total. The summed E-state index contributed by atoms with van der Waals surface area (Å²) in [6, 6.07) is 11.5. The molecule has 0 saturated carbocycles. The van der Waals surface area contributed by atoms with Crippen LogP contribution in [0, 0.1) is 11.3 Å². The number of hydrogen-bond acceptors (Lipinski definition) is 5. The van der Waals surface area contributed by atoms with Crippen molar-refractivity contribution in [2.24, 2.45) is 0 Å². The van der Waals surface area contributed by atoms with Gasteiger partial charge in [-0.05, 0) is 38.1 Å². The Morgan fingerprint density at radius 2 is 2.09 bits per heavy atom. The van der Waals surface area contributed by atoms with E-state index in [1.54, 1.807) is 12.1 Å². The first-order chi connectivity index (χ1) is 10.7. The van der Waals surface area contributed by atoms with Crippen LogP contribution >= 0.6 is 0 Å². The Labute approximate surface area is 128 Å². The first-order valence-corrected chi connectivity index (χ1v) is 7.04. The molecule has 0 amide bonds. The third-order valence-corrected chi connectivity index (χ3v) is 3.09. The minimum Gasteiger partial charge on any atom is -0.367 e. The predicted molar refractivity (Wildman–Crippen MR) is 87.1 cm³/mol. The summed E-state index contributed by atoms with van der Waals surface area (Å²) in [4.78, 5) is 12.1. The molecule has 2 heterocycles. The molecule has 0 bridgehead atoms. The van der Waals surface area contributed by atoms with Crippen LogP contribution in [-0.4, -0.2) is 21.0 Å². The topological polar surface area (TPSA) is 89.4 Å². The lowest BCUT2D eigenvalue weighted by Gasteiger charge is -2.12. The highest BCUT2D eigenvalue weighted by Crippen LogP contribution is 2.23. The van der Waals surface area contributed by atoms with Crippen molar-refractivity contribution in [2.75, 3.05) is 10.6 Å². The third kappa shape index (κ3) is 2.83. The van der Waals surface area contributed by atoms with Crippen LogP contribution in [0.15, 0.2) is 36.5 Å². The molecule has 22 heavy (non-hydrogen) atoms. The molecule has 0 aliphatic rings. The summed E-state index contributed by atoms with van der Waals surface area (Å²) in [7, 11) is 0. The Balaban J connectivity index is 1.98. The van der Waals surface area contributed by atoms with Gasteiger partial charge in [0.1, 0.15) is 11.5 Å². The van der Waals surface area contributed by atoms with Crippen molar-refractivity contribution in [1.82, 2.24) is 15.0 Å². The van der Waals surface area contributed by atoms with E-state index >= 15 is 0 Å². The Kier molecular flexibility index (Phi) is 3.62. The van der Waals surface area contributed by atoms with E-state index in [2.05, 4.69) is 45.5 Å². The van der Waals surface area contributed by atoms with E-state index < -0.39 is 0 Å². The summed E-state index contributed by atoms with van der Waals surface area (Å²) in [6.45, 7) is 4.12. The highest BCUT2D eigenvalue weighted by Gasteiger charge is 2.10. The zero-order chi connectivity index (χ0) is 15.5. The van der Waals surface area contributed by atoms with Crippen molar-refractivity contribution in [3.63, 3.8) is 0 Å². The van der Waals surface area contributed by atoms with Crippen molar-refractivity contribution >= 4 is 28.5 Å². The molecule has 0 spiro atoms. The molecule has 1 aromatic carbocycles. The third-order valence-electron chi connectivity index (χ3n) is 3.09. The van der Waals surface area contributed by atoms with Gasteiger partial charge in [-0.25, -0.2) is 0 Å². The van der Waals surface area contributed by atoms with Gasteiger partial charge >= 0.3 is 0 Å². The molecule has 3 aromatic rings. The minimum atomic E-state index is 0.266. The summed E-state index contributed by atoms with van der Waals surface area (Å²) < 4.78 is 0. The highest BCUT2D eigenvalue weighted by atomic mass is 15.2.